The van der Waals surface area contributed by atoms with Crippen LogP contribution in [0.2, 0.25) is 0 Å². The van der Waals surface area contributed by atoms with Gasteiger partial charge in [0.2, 0.25) is 0 Å². The number of hydrogen-bond acceptors (Lipinski definition) is 6. The molecule has 0 bridgehead atoms. The van der Waals surface area contributed by atoms with Gasteiger partial charge in [0.25, 0.3) is 11.8 Å². The van der Waals surface area contributed by atoms with Crippen molar-refractivity contribution in [1.29, 1.82) is 0 Å². The van der Waals surface area contributed by atoms with Crippen LogP contribution in [0.25, 0.3) is 0 Å². The fourth-order valence-electron chi connectivity index (χ4n) is 3.30. The van der Waals surface area contributed by atoms with Crippen molar-refractivity contribution in [3.8, 4) is 29.1 Å². The van der Waals surface area contributed by atoms with E-state index in [4.69, 9.17) is 9.47 Å². The Kier molecular flexibility index (Phi) is 8.73. The molecule has 8 nitrogen and oxygen atoms in total. The second-order valence-electron chi connectivity index (χ2n) is 7.54. The van der Waals surface area contributed by atoms with Crippen LogP contribution in [-0.2, 0) is 32.1 Å². The third-order valence-electron chi connectivity index (χ3n) is 4.99. The Morgan fingerprint density at radius 2 is 1.97 bits per heavy atom. The Morgan fingerprint density at radius 3 is 2.71 bits per heavy atom. The van der Waals surface area contributed by atoms with Gasteiger partial charge in [-0.3, -0.25) is 26.4 Å². The van der Waals surface area contributed by atoms with E-state index in [0.717, 1.165) is 0 Å². The molecule has 1 atom stereocenters. The van der Waals surface area contributed by atoms with Crippen molar-refractivity contribution in [3.05, 3.63) is 84.2 Å². The van der Waals surface area contributed by atoms with Crippen molar-refractivity contribution in [1.82, 2.24) is 10.3 Å². The van der Waals surface area contributed by atoms with Crippen LogP contribution in [0, 0.1) is 17.9 Å². The third kappa shape index (κ3) is 6.52. The number of rotatable bonds is 4. The molecular formula is C26H22CdN3O5-. The molecule has 1 aromatic heterocycles. The number of pyridine rings is 1. The fourth-order valence-corrected chi connectivity index (χ4v) is 3.30. The second-order valence-corrected chi connectivity index (χ2v) is 7.54. The Morgan fingerprint density at radius 1 is 1.20 bits per heavy atom. The Balaban J connectivity index is 0.00000342. The molecule has 2 amide bonds. The molecular weight excluding hydrogens is 547 g/mol. The zero-order chi connectivity index (χ0) is 24.1. The molecule has 4 rings (SSSR count). The summed E-state index contributed by atoms with van der Waals surface area (Å²) < 4.78 is 11.6. The fraction of sp³-hybridized carbons (Fsp3) is 0.154. The SMILES string of the molecule is C[C-](O)C#Cc1ccc2c(c1)N(C)C(=O)C(NC(=O)c1cc(Oc3ccccc3)ccn1)CO2.[Cd]. The molecule has 0 saturated carbocycles. The standard InChI is InChI=1S/C26H22N3O5.Cd/c1-17(30)8-9-18-10-11-24-23(14-18)29(2)26(32)22(16-33-24)28-25(31)21-15-20(12-13-27-21)34-19-6-4-3-5-7-19;/h3-7,10-15,22,30H,16H2,1-2H3,(H,28,31);/q-1;. The number of nitrogens with one attached hydrogen (secondary N) is 1. The number of carbonyl (C=O) groups excluding carboxylic acids is 2. The van der Waals surface area contributed by atoms with Crippen molar-refractivity contribution < 1.29 is 51.5 Å². The van der Waals surface area contributed by atoms with E-state index < -0.39 is 11.9 Å². The Labute approximate surface area is 223 Å². The maximum atomic E-state index is 13.1. The minimum absolute atomic E-state index is 0. The number of ether oxygens (including phenoxy) is 2. The maximum absolute atomic E-state index is 13.1. The zero-order valence-corrected chi connectivity index (χ0v) is 23.4. The van der Waals surface area contributed by atoms with Crippen LogP contribution in [0.15, 0.2) is 66.9 Å². The van der Waals surface area contributed by atoms with E-state index >= 15 is 0 Å². The number of benzene rings is 2. The van der Waals surface area contributed by atoms with Gasteiger partial charge in [0.1, 0.15) is 35.6 Å². The van der Waals surface area contributed by atoms with Gasteiger partial charge in [-0.15, -0.1) is 0 Å². The van der Waals surface area contributed by atoms with E-state index in [-0.39, 0.29) is 51.6 Å². The Hall–Kier alpha value is -3.56. The van der Waals surface area contributed by atoms with Crippen molar-refractivity contribution in [2.75, 3.05) is 18.6 Å². The first-order chi connectivity index (χ1) is 16.4. The van der Waals surface area contributed by atoms with Gasteiger partial charge in [-0.25, -0.2) is 0 Å². The maximum Gasteiger partial charge on any atom is 0.270 e. The molecule has 2 N–H and O–H groups in total. The van der Waals surface area contributed by atoms with Crippen LogP contribution in [-0.4, -0.2) is 41.6 Å². The first-order valence-corrected chi connectivity index (χ1v) is 10.5. The topological polar surface area (TPSA) is 101 Å². The van der Waals surface area contributed by atoms with Crippen LogP contribution in [0.1, 0.15) is 23.0 Å². The van der Waals surface area contributed by atoms with E-state index in [2.05, 4.69) is 22.1 Å². The molecule has 0 spiro atoms. The largest absolute Gasteiger partial charge is 0.489 e. The number of carbonyl (C=O) groups is 2. The quantitative estimate of drug-likeness (QED) is 0.285. The van der Waals surface area contributed by atoms with Crippen LogP contribution in [0.5, 0.6) is 17.2 Å². The number of likely N-dealkylation sites (N-methyl/N-ethyl adjacent to an activating group) is 1. The predicted octanol–water partition coefficient (Wildman–Crippen LogP) is 3.30. The van der Waals surface area contributed by atoms with E-state index in [0.29, 0.717) is 28.5 Å². The van der Waals surface area contributed by atoms with Gasteiger partial charge >= 0.3 is 0 Å². The number of aromatic nitrogens is 1. The summed E-state index contributed by atoms with van der Waals surface area (Å²) in [5.74, 6) is 6.09. The van der Waals surface area contributed by atoms with Gasteiger partial charge in [-0.2, -0.15) is 0 Å². The summed E-state index contributed by atoms with van der Waals surface area (Å²) in [4.78, 5) is 31.4. The average molecular weight is 569 g/mol. The molecule has 3 aromatic rings. The summed E-state index contributed by atoms with van der Waals surface area (Å²) in [5.41, 5.74) is 1.23. The minimum Gasteiger partial charge on any atom is -0.489 e. The van der Waals surface area contributed by atoms with Gasteiger partial charge in [0.05, 0.1) is 5.69 Å². The molecule has 35 heavy (non-hydrogen) atoms. The Bertz CT molecular complexity index is 1270. The number of aliphatic hydroxyl groups excluding tert-OH is 1. The molecule has 0 fully saturated rings. The van der Waals surface area contributed by atoms with Crippen molar-refractivity contribution in [2.45, 2.75) is 13.0 Å². The van der Waals surface area contributed by atoms with Crippen molar-refractivity contribution in [3.63, 3.8) is 0 Å². The van der Waals surface area contributed by atoms with E-state index in [9.17, 15) is 14.7 Å². The molecule has 0 radical (unpaired) electrons. The van der Waals surface area contributed by atoms with E-state index in [1.165, 1.54) is 24.1 Å². The van der Waals surface area contributed by atoms with E-state index in [1.54, 1.807) is 43.4 Å². The molecule has 2 aromatic carbocycles. The zero-order valence-electron chi connectivity index (χ0n) is 19.3. The van der Waals surface area contributed by atoms with Crippen molar-refractivity contribution in [2.24, 2.45) is 0 Å². The van der Waals surface area contributed by atoms with Crippen LogP contribution < -0.4 is 19.7 Å². The van der Waals surface area contributed by atoms with Crippen LogP contribution in [0.3, 0.4) is 0 Å². The monoisotopic (exact) mass is 570 g/mol. The molecule has 174 valence electrons. The van der Waals surface area contributed by atoms with Gasteiger partial charge in [0.15, 0.2) is 0 Å². The molecule has 0 saturated heterocycles. The molecule has 1 unspecified atom stereocenters. The number of hydrogen-bond donors (Lipinski definition) is 2. The normalized spacial score (nSPS) is 14.2. The molecule has 0 aliphatic carbocycles. The first-order valence-electron chi connectivity index (χ1n) is 10.5. The summed E-state index contributed by atoms with van der Waals surface area (Å²) >= 11 is 0. The number of fused-ring (bicyclic) bond motifs is 1. The predicted molar refractivity (Wildman–Crippen MR) is 125 cm³/mol. The van der Waals surface area contributed by atoms with E-state index in [1.807, 2.05) is 18.2 Å². The van der Waals surface area contributed by atoms with Crippen molar-refractivity contribution >= 4 is 17.5 Å². The molecule has 9 heteroatoms. The summed E-state index contributed by atoms with van der Waals surface area (Å²) in [6.07, 6.45) is 1.46. The molecule has 2 heterocycles. The number of anilines is 1. The number of amides is 2. The molecule has 1 aliphatic rings. The molecule has 1 aliphatic heterocycles. The summed E-state index contributed by atoms with van der Waals surface area (Å²) in [6, 6.07) is 16.5. The first kappa shape index (κ1) is 26.1. The van der Waals surface area contributed by atoms with Gasteiger partial charge in [-0.1, -0.05) is 42.9 Å². The summed E-state index contributed by atoms with van der Waals surface area (Å²) in [5, 5.41) is 12.0. The minimum atomic E-state index is -0.923. The van der Waals surface area contributed by atoms with Gasteiger partial charge in [-0.05, 0) is 30.3 Å². The number of nitrogens with zero attached hydrogens (tertiary/aromatic N) is 2. The summed E-state index contributed by atoms with van der Waals surface area (Å²) in [6.45, 7) is 1.44. The third-order valence-corrected chi connectivity index (χ3v) is 4.99. The summed E-state index contributed by atoms with van der Waals surface area (Å²) in [7, 11) is 1.60. The average Bonchev–Trinajstić information content (AvgIpc) is 2.95. The number of para-hydroxylation sites is 1. The second kappa shape index (κ2) is 11.7. The van der Waals surface area contributed by atoms with Gasteiger partial charge < -0.3 is 24.8 Å². The van der Waals surface area contributed by atoms with Gasteiger partial charge in [0, 0.05) is 46.6 Å². The van der Waals surface area contributed by atoms with Crippen LogP contribution in [0.4, 0.5) is 5.69 Å². The smallest absolute Gasteiger partial charge is 0.270 e. The van der Waals surface area contributed by atoms with Crippen LogP contribution >= 0.6 is 0 Å². The number of aliphatic hydroxyl groups is 1.